The van der Waals surface area contributed by atoms with Crippen LogP contribution in [0.15, 0.2) is 77.4 Å². The third-order valence-electron chi connectivity index (χ3n) is 5.43. The highest BCUT2D eigenvalue weighted by Gasteiger charge is 2.22. The van der Waals surface area contributed by atoms with Gasteiger partial charge >= 0.3 is 0 Å². The number of benzene rings is 2. The fraction of sp³-hybridized carbons (Fsp3) is 0.192. The lowest BCUT2D eigenvalue weighted by atomic mass is 9.98. The topological polar surface area (TPSA) is 117 Å². The number of nitriles is 1. The van der Waals surface area contributed by atoms with Crippen LogP contribution in [0.5, 0.6) is 0 Å². The van der Waals surface area contributed by atoms with Crippen LogP contribution in [0.3, 0.4) is 0 Å². The maximum atomic E-state index is 13.2. The minimum Gasteiger partial charge on any atom is -0.339 e. The Morgan fingerprint density at radius 1 is 1.06 bits per heavy atom. The number of aryl methyl sites for hydroxylation is 1. The number of nitrogens with zero attached hydrogens (tertiary/aromatic N) is 4. The quantitative estimate of drug-likeness (QED) is 0.407. The van der Waals surface area contributed by atoms with Crippen molar-refractivity contribution in [3.63, 3.8) is 0 Å². The van der Waals surface area contributed by atoms with Crippen molar-refractivity contribution in [3.05, 3.63) is 95.5 Å². The molecule has 0 saturated heterocycles. The van der Waals surface area contributed by atoms with Gasteiger partial charge in [-0.05, 0) is 41.3 Å². The summed E-state index contributed by atoms with van der Waals surface area (Å²) in [5, 5.41) is 19.2. The van der Waals surface area contributed by atoms with E-state index in [2.05, 4.69) is 38.8 Å². The van der Waals surface area contributed by atoms with Crippen LogP contribution in [0, 0.1) is 18.3 Å². The zero-order valence-corrected chi connectivity index (χ0v) is 18.9. The number of aromatic nitrogens is 3. The molecule has 2 aromatic heterocycles. The van der Waals surface area contributed by atoms with E-state index < -0.39 is 6.04 Å². The van der Waals surface area contributed by atoms with Gasteiger partial charge in [0.25, 0.3) is 0 Å². The molecule has 34 heavy (non-hydrogen) atoms. The van der Waals surface area contributed by atoms with Crippen LogP contribution in [0.1, 0.15) is 41.5 Å². The fourth-order valence-electron chi connectivity index (χ4n) is 3.52. The average Bonchev–Trinajstić information content (AvgIpc) is 3.31. The number of carbonyl (C=O) groups excluding carboxylic acids is 1. The Morgan fingerprint density at radius 2 is 1.82 bits per heavy atom. The smallest absolute Gasteiger partial charge is 0.247 e. The highest BCUT2D eigenvalue weighted by atomic mass is 16.5. The van der Waals surface area contributed by atoms with E-state index in [9.17, 15) is 4.79 Å². The summed E-state index contributed by atoms with van der Waals surface area (Å²) in [6, 6.07) is 22.1. The number of pyridine rings is 1. The third-order valence-corrected chi connectivity index (χ3v) is 5.43. The molecule has 1 amide bonds. The summed E-state index contributed by atoms with van der Waals surface area (Å²) in [7, 11) is 0. The van der Waals surface area contributed by atoms with E-state index in [4.69, 9.17) is 9.78 Å². The number of anilines is 1. The number of amides is 1. The molecular formula is C26H24N6O2. The van der Waals surface area contributed by atoms with Gasteiger partial charge in [-0.15, -0.1) is 0 Å². The van der Waals surface area contributed by atoms with Crippen molar-refractivity contribution in [1.82, 2.24) is 20.4 Å². The summed E-state index contributed by atoms with van der Waals surface area (Å²) < 4.78 is 5.00. The summed E-state index contributed by atoms with van der Waals surface area (Å²) in [6.07, 6.45) is 1.60. The van der Waals surface area contributed by atoms with Gasteiger partial charge in [-0.2, -0.15) is 10.2 Å². The van der Waals surface area contributed by atoms with Crippen molar-refractivity contribution in [1.29, 1.82) is 5.26 Å². The Kier molecular flexibility index (Phi) is 7.06. The summed E-state index contributed by atoms with van der Waals surface area (Å²) >= 11 is 0. The molecule has 170 valence electrons. The second-order valence-corrected chi connectivity index (χ2v) is 7.95. The predicted molar refractivity (Wildman–Crippen MR) is 128 cm³/mol. The molecule has 4 rings (SSSR count). The zero-order chi connectivity index (χ0) is 23.9. The molecular weight excluding hydrogens is 428 g/mol. The molecule has 2 atom stereocenters. The molecule has 2 aromatic carbocycles. The first kappa shape index (κ1) is 22.8. The molecule has 8 nitrogen and oxygen atoms in total. The lowest BCUT2D eigenvalue weighted by Gasteiger charge is -2.21. The van der Waals surface area contributed by atoms with Gasteiger partial charge in [0, 0.05) is 25.2 Å². The van der Waals surface area contributed by atoms with Crippen LogP contribution in [0.25, 0.3) is 11.4 Å². The van der Waals surface area contributed by atoms with Gasteiger partial charge in [-0.25, -0.2) is 4.98 Å². The Balaban J connectivity index is 1.46. The summed E-state index contributed by atoms with van der Waals surface area (Å²) in [6.45, 7) is 4.37. The first-order chi connectivity index (χ1) is 16.5. The highest BCUT2D eigenvalue weighted by molar-refractivity contribution is 5.94. The van der Waals surface area contributed by atoms with Crippen molar-refractivity contribution in [2.75, 3.05) is 11.9 Å². The molecule has 0 saturated carbocycles. The number of hydrogen-bond donors (Lipinski definition) is 2. The molecule has 0 aliphatic rings. The van der Waals surface area contributed by atoms with E-state index in [1.807, 2.05) is 42.5 Å². The van der Waals surface area contributed by atoms with Gasteiger partial charge in [0.05, 0.1) is 11.6 Å². The van der Waals surface area contributed by atoms with E-state index in [0.717, 1.165) is 11.1 Å². The largest absolute Gasteiger partial charge is 0.339 e. The molecule has 4 aromatic rings. The zero-order valence-electron chi connectivity index (χ0n) is 18.9. The SMILES string of the molecule is Cc1nc(-c2ccc(NC(=O)[C@@H](NCC(C)c3ccc(C#N)cc3)c3ccccc3)nc2)no1. The number of nitrogens with one attached hydrogen (secondary N) is 2. The van der Waals surface area contributed by atoms with Crippen LogP contribution in [-0.4, -0.2) is 27.6 Å². The first-order valence-corrected chi connectivity index (χ1v) is 10.9. The lowest BCUT2D eigenvalue weighted by molar-refractivity contribution is -0.118. The Hall–Kier alpha value is -4.35. The number of hydrogen-bond acceptors (Lipinski definition) is 7. The second kappa shape index (κ2) is 10.5. The van der Waals surface area contributed by atoms with Crippen LogP contribution >= 0.6 is 0 Å². The van der Waals surface area contributed by atoms with Crippen molar-refractivity contribution in [2.45, 2.75) is 25.8 Å². The molecule has 8 heteroatoms. The van der Waals surface area contributed by atoms with Crippen LogP contribution in [0.2, 0.25) is 0 Å². The maximum Gasteiger partial charge on any atom is 0.247 e. The maximum absolute atomic E-state index is 13.2. The van der Waals surface area contributed by atoms with Crippen LogP contribution in [-0.2, 0) is 4.79 Å². The molecule has 2 heterocycles. The fourth-order valence-corrected chi connectivity index (χ4v) is 3.52. The molecule has 0 bridgehead atoms. The van der Waals surface area contributed by atoms with E-state index in [1.165, 1.54) is 0 Å². The third kappa shape index (κ3) is 5.52. The van der Waals surface area contributed by atoms with Crippen molar-refractivity contribution in [2.24, 2.45) is 0 Å². The summed E-state index contributed by atoms with van der Waals surface area (Å²) in [5.74, 6) is 1.27. The summed E-state index contributed by atoms with van der Waals surface area (Å²) in [4.78, 5) is 21.7. The predicted octanol–water partition coefficient (Wildman–Crippen LogP) is 4.38. The first-order valence-electron chi connectivity index (χ1n) is 10.9. The molecule has 2 N–H and O–H groups in total. The molecule has 0 spiro atoms. The van der Waals surface area contributed by atoms with Crippen molar-refractivity contribution < 1.29 is 9.32 Å². The van der Waals surface area contributed by atoms with Gasteiger partial charge < -0.3 is 15.2 Å². The molecule has 0 aliphatic heterocycles. The standard InChI is InChI=1S/C26H24N6O2/c1-17(20-10-8-19(14-27)9-11-20)15-29-24(21-6-4-3-5-7-21)26(33)31-23-13-12-22(16-28-23)25-30-18(2)34-32-25/h3-13,16-17,24,29H,15H2,1-2H3,(H,28,31,33)/t17?,24-/m0/s1. The highest BCUT2D eigenvalue weighted by Crippen LogP contribution is 2.21. The van der Waals surface area contributed by atoms with E-state index >= 15 is 0 Å². The van der Waals surface area contributed by atoms with E-state index in [0.29, 0.717) is 35.2 Å². The normalized spacial score (nSPS) is 12.5. The lowest BCUT2D eigenvalue weighted by Crippen LogP contribution is -2.35. The average molecular weight is 453 g/mol. The number of rotatable bonds is 8. The molecule has 0 fully saturated rings. The van der Waals surface area contributed by atoms with Gasteiger partial charge in [0.15, 0.2) is 0 Å². The monoisotopic (exact) mass is 452 g/mol. The van der Waals surface area contributed by atoms with Crippen molar-refractivity contribution in [3.8, 4) is 17.5 Å². The Labute approximate surface area is 197 Å². The Morgan fingerprint density at radius 3 is 2.44 bits per heavy atom. The molecule has 0 aliphatic carbocycles. The van der Waals surface area contributed by atoms with Gasteiger partial charge in [0.1, 0.15) is 11.9 Å². The molecule has 1 unspecified atom stereocenters. The molecule has 0 radical (unpaired) electrons. The second-order valence-electron chi connectivity index (χ2n) is 7.95. The van der Waals surface area contributed by atoms with Gasteiger partial charge in [-0.1, -0.05) is 54.5 Å². The van der Waals surface area contributed by atoms with Crippen LogP contribution < -0.4 is 10.6 Å². The van der Waals surface area contributed by atoms with Crippen LogP contribution in [0.4, 0.5) is 5.82 Å². The summed E-state index contributed by atoms with van der Waals surface area (Å²) in [5.41, 5.74) is 3.26. The van der Waals surface area contributed by atoms with E-state index in [1.54, 1.807) is 37.4 Å². The van der Waals surface area contributed by atoms with Gasteiger partial charge in [-0.3, -0.25) is 4.79 Å². The number of carbonyl (C=O) groups is 1. The van der Waals surface area contributed by atoms with Gasteiger partial charge in [0.2, 0.25) is 17.6 Å². The minimum absolute atomic E-state index is 0.141. The van der Waals surface area contributed by atoms with Crippen molar-refractivity contribution >= 4 is 11.7 Å². The Bertz CT molecular complexity index is 1280. The van der Waals surface area contributed by atoms with E-state index in [-0.39, 0.29) is 11.8 Å². The minimum atomic E-state index is -0.566.